The van der Waals surface area contributed by atoms with Gasteiger partial charge in [-0.2, -0.15) is 0 Å². The van der Waals surface area contributed by atoms with E-state index in [2.05, 4.69) is 25.6 Å². The molecule has 2 heterocycles. The van der Waals surface area contributed by atoms with Crippen LogP contribution < -0.4 is 15.4 Å². The molecular formula is C28H23N5O3S. The first-order valence-corrected chi connectivity index (χ1v) is 12.2. The van der Waals surface area contributed by atoms with Gasteiger partial charge in [0.2, 0.25) is 0 Å². The molecular weight excluding hydrogens is 486 g/mol. The molecule has 1 amide bonds. The summed E-state index contributed by atoms with van der Waals surface area (Å²) in [6.07, 6.45) is 1.47. The van der Waals surface area contributed by atoms with Crippen molar-refractivity contribution in [3.05, 3.63) is 96.4 Å². The maximum atomic E-state index is 12.9. The van der Waals surface area contributed by atoms with E-state index in [0.717, 1.165) is 26.6 Å². The Hall–Kier alpha value is -4.63. The Morgan fingerprint density at radius 1 is 0.973 bits per heavy atom. The minimum Gasteiger partial charge on any atom is -0.508 e. The highest BCUT2D eigenvalue weighted by atomic mass is 32.2. The Morgan fingerprint density at radius 3 is 2.62 bits per heavy atom. The summed E-state index contributed by atoms with van der Waals surface area (Å²) in [5.74, 6) is 1.15. The zero-order valence-electron chi connectivity index (χ0n) is 20.1. The van der Waals surface area contributed by atoms with Gasteiger partial charge >= 0.3 is 0 Å². The van der Waals surface area contributed by atoms with Crippen molar-refractivity contribution in [2.45, 2.75) is 16.7 Å². The number of nitrogens with one attached hydrogen (secondary N) is 2. The highest BCUT2D eigenvalue weighted by Crippen LogP contribution is 2.38. The van der Waals surface area contributed by atoms with Crippen molar-refractivity contribution >= 4 is 45.9 Å². The third-order valence-electron chi connectivity index (χ3n) is 5.52. The number of carbonyl (C=O) groups excluding carboxylic acids is 1. The van der Waals surface area contributed by atoms with Gasteiger partial charge in [0.15, 0.2) is 5.65 Å². The number of aryl methyl sites for hydroxylation is 1. The number of hydrogen-bond donors (Lipinski definition) is 3. The van der Waals surface area contributed by atoms with E-state index in [9.17, 15) is 9.90 Å². The Balaban J connectivity index is 1.50. The molecule has 0 atom stereocenters. The van der Waals surface area contributed by atoms with Crippen LogP contribution in [-0.2, 0) is 0 Å². The molecule has 37 heavy (non-hydrogen) atoms. The van der Waals surface area contributed by atoms with Crippen LogP contribution in [-0.4, -0.2) is 33.1 Å². The molecule has 0 unspecified atom stereocenters. The molecule has 0 fully saturated rings. The van der Waals surface area contributed by atoms with Gasteiger partial charge in [0, 0.05) is 26.7 Å². The maximum absolute atomic E-state index is 12.9. The van der Waals surface area contributed by atoms with Crippen LogP contribution in [0, 0.1) is 6.92 Å². The standard InChI is InChI=1S/C28H23N5O3S/c1-17-6-12-23-26(31-17)29-16-30-27(23)33-24-15-19(32-28(35)18-4-3-5-21(14-18)36-2)7-13-25(24)37-22-10-8-20(34)9-11-22/h3-16,34H,1-2H3,(H,32,35)(H,29,30,31,33). The van der Waals surface area contributed by atoms with Crippen LogP contribution in [0.4, 0.5) is 17.2 Å². The number of methoxy groups -OCH3 is 1. The Bertz CT molecular complexity index is 1590. The number of pyridine rings is 1. The molecule has 0 aliphatic carbocycles. The molecule has 0 saturated heterocycles. The lowest BCUT2D eigenvalue weighted by Gasteiger charge is -2.15. The van der Waals surface area contributed by atoms with E-state index in [1.54, 1.807) is 43.5 Å². The minimum atomic E-state index is -0.254. The van der Waals surface area contributed by atoms with Gasteiger partial charge < -0.3 is 20.5 Å². The quantitative estimate of drug-likeness (QED) is 0.238. The van der Waals surface area contributed by atoms with Crippen LogP contribution in [0.2, 0.25) is 0 Å². The molecule has 184 valence electrons. The van der Waals surface area contributed by atoms with Gasteiger partial charge in [0.25, 0.3) is 5.91 Å². The fourth-order valence-corrected chi connectivity index (χ4v) is 4.55. The van der Waals surface area contributed by atoms with Gasteiger partial charge in [-0.3, -0.25) is 4.79 Å². The van der Waals surface area contributed by atoms with Crippen molar-refractivity contribution in [2.24, 2.45) is 0 Å². The fourth-order valence-electron chi connectivity index (χ4n) is 3.67. The molecule has 0 bridgehead atoms. The van der Waals surface area contributed by atoms with Crippen LogP contribution in [0.1, 0.15) is 16.1 Å². The number of ether oxygens (including phenoxy) is 1. The molecule has 3 N–H and O–H groups in total. The van der Waals surface area contributed by atoms with Gasteiger partial charge in [0.05, 0.1) is 18.2 Å². The van der Waals surface area contributed by atoms with E-state index in [1.807, 2.05) is 49.4 Å². The van der Waals surface area contributed by atoms with Gasteiger partial charge in [-0.25, -0.2) is 15.0 Å². The highest BCUT2D eigenvalue weighted by molar-refractivity contribution is 7.99. The molecule has 8 nitrogen and oxygen atoms in total. The van der Waals surface area contributed by atoms with E-state index < -0.39 is 0 Å². The smallest absolute Gasteiger partial charge is 0.255 e. The molecule has 0 aliphatic rings. The van der Waals surface area contributed by atoms with Crippen molar-refractivity contribution in [3.63, 3.8) is 0 Å². The summed E-state index contributed by atoms with van der Waals surface area (Å²) in [5, 5.41) is 16.8. The number of benzene rings is 3. The number of rotatable bonds is 7. The number of aromatic hydroxyl groups is 1. The molecule has 0 spiro atoms. The predicted octanol–water partition coefficient (Wildman–Crippen LogP) is 6.19. The van der Waals surface area contributed by atoms with Gasteiger partial charge in [-0.1, -0.05) is 17.8 Å². The lowest BCUT2D eigenvalue weighted by molar-refractivity contribution is 0.102. The number of phenols is 1. The number of nitrogens with zero attached hydrogens (tertiary/aromatic N) is 3. The summed E-state index contributed by atoms with van der Waals surface area (Å²) in [7, 11) is 1.56. The van der Waals surface area contributed by atoms with Crippen LogP contribution >= 0.6 is 11.8 Å². The number of hydrogen-bond acceptors (Lipinski definition) is 8. The monoisotopic (exact) mass is 509 g/mol. The summed E-state index contributed by atoms with van der Waals surface area (Å²) in [4.78, 5) is 28.0. The van der Waals surface area contributed by atoms with Crippen molar-refractivity contribution in [3.8, 4) is 11.5 Å². The number of phenolic OH excluding ortho intramolecular Hbond substituents is 1. The first-order valence-electron chi connectivity index (χ1n) is 11.4. The fraction of sp³-hybridized carbons (Fsp3) is 0.0714. The van der Waals surface area contributed by atoms with Gasteiger partial charge in [0.1, 0.15) is 23.6 Å². The van der Waals surface area contributed by atoms with Crippen molar-refractivity contribution in [1.82, 2.24) is 15.0 Å². The molecule has 5 rings (SSSR count). The summed E-state index contributed by atoms with van der Waals surface area (Å²) in [6.45, 7) is 1.91. The number of fused-ring (bicyclic) bond motifs is 1. The van der Waals surface area contributed by atoms with E-state index in [1.165, 1.54) is 18.1 Å². The summed E-state index contributed by atoms with van der Waals surface area (Å²) >= 11 is 1.52. The topological polar surface area (TPSA) is 109 Å². The zero-order valence-corrected chi connectivity index (χ0v) is 20.9. The molecule has 5 aromatic rings. The molecule has 2 aromatic heterocycles. The maximum Gasteiger partial charge on any atom is 0.255 e. The lowest BCUT2D eigenvalue weighted by Crippen LogP contribution is -2.12. The van der Waals surface area contributed by atoms with E-state index in [4.69, 9.17) is 4.74 Å². The van der Waals surface area contributed by atoms with Crippen LogP contribution in [0.5, 0.6) is 11.5 Å². The number of amides is 1. The molecule has 0 saturated carbocycles. The SMILES string of the molecule is COc1cccc(C(=O)Nc2ccc(Sc3ccc(O)cc3)c(Nc3ncnc4nc(C)ccc34)c2)c1. The van der Waals surface area contributed by atoms with Crippen LogP contribution in [0.25, 0.3) is 11.0 Å². The summed E-state index contributed by atoms with van der Waals surface area (Å²) < 4.78 is 5.24. The number of aromatic nitrogens is 3. The van der Waals surface area contributed by atoms with E-state index in [-0.39, 0.29) is 11.7 Å². The van der Waals surface area contributed by atoms with Crippen molar-refractivity contribution < 1.29 is 14.6 Å². The van der Waals surface area contributed by atoms with E-state index in [0.29, 0.717) is 28.5 Å². The average Bonchev–Trinajstić information content (AvgIpc) is 2.91. The minimum absolute atomic E-state index is 0.202. The van der Waals surface area contributed by atoms with Crippen molar-refractivity contribution in [2.75, 3.05) is 17.7 Å². The van der Waals surface area contributed by atoms with Crippen LogP contribution in [0.15, 0.2) is 95.0 Å². The Labute approximate surface area is 217 Å². The van der Waals surface area contributed by atoms with Gasteiger partial charge in [-0.15, -0.1) is 0 Å². The van der Waals surface area contributed by atoms with E-state index >= 15 is 0 Å². The van der Waals surface area contributed by atoms with Crippen molar-refractivity contribution in [1.29, 1.82) is 0 Å². The second kappa shape index (κ2) is 10.5. The third kappa shape index (κ3) is 5.62. The molecule has 0 aliphatic heterocycles. The first kappa shape index (κ1) is 24.1. The second-order valence-corrected chi connectivity index (χ2v) is 9.28. The summed E-state index contributed by atoms with van der Waals surface area (Å²) in [6, 6.07) is 23.4. The zero-order chi connectivity index (χ0) is 25.8. The Morgan fingerprint density at radius 2 is 1.81 bits per heavy atom. The average molecular weight is 510 g/mol. The Kier molecular flexibility index (Phi) is 6.87. The second-order valence-electron chi connectivity index (χ2n) is 8.16. The largest absolute Gasteiger partial charge is 0.508 e. The normalized spacial score (nSPS) is 10.8. The third-order valence-corrected chi connectivity index (χ3v) is 6.61. The predicted molar refractivity (Wildman–Crippen MR) is 145 cm³/mol. The lowest BCUT2D eigenvalue weighted by atomic mass is 10.2. The molecule has 9 heteroatoms. The van der Waals surface area contributed by atoms with Crippen LogP contribution in [0.3, 0.4) is 0 Å². The highest BCUT2D eigenvalue weighted by Gasteiger charge is 2.13. The summed E-state index contributed by atoms with van der Waals surface area (Å²) in [5.41, 5.74) is 3.29. The number of anilines is 3. The number of carbonyl (C=O) groups is 1. The molecule has 0 radical (unpaired) electrons. The first-order chi connectivity index (χ1) is 18.0. The van der Waals surface area contributed by atoms with Gasteiger partial charge in [-0.05, 0) is 79.7 Å². The molecule has 3 aromatic carbocycles.